The van der Waals surface area contributed by atoms with Crippen molar-refractivity contribution in [2.45, 2.75) is 51.9 Å². The highest BCUT2D eigenvalue weighted by molar-refractivity contribution is 5.83. The van der Waals surface area contributed by atoms with Crippen molar-refractivity contribution in [1.29, 1.82) is 0 Å². The van der Waals surface area contributed by atoms with Crippen LogP contribution in [0.15, 0.2) is 41.2 Å². The van der Waals surface area contributed by atoms with Crippen LogP contribution in [-0.2, 0) is 17.8 Å². The minimum atomic E-state index is -0.381. The number of piperazine rings is 1. The zero-order valence-corrected chi connectivity index (χ0v) is 23.5. The molecule has 0 saturated carbocycles. The third kappa shape index (κ3) is 5.09. The van der Waals surface area contributed by atoms with Gasteiger partial charge in [0, 0.05) is 44.9 Å². The summed E-state index contributed by atoms with van der Waals surface area (Å²) < 4.78 is 18.8. The summed E-state index contributed by atoms with van der Waals surface area (Å²) in [5.41, 5.74) is 4.86. The molecule has 3 aliphatic heterocycles. The van der Waals surface area contributed by atoms with Crippen molar-refractivity contribution < 1.29 is 14.2 Å². The molecule has 3 aliphatic rings. The average molecular weight is 558 g/mol. The minimum absolute atomic E-state index is 0.0805. The topological polar surface area (TPSA) is 111 Å². The highest BCUT2D eigenvalue weighted by Gasteiger charge is 2.33. The van der Waals surface area contributed by atoms with Crippen LogP contribution in [0.3, 0.4) is 0 Å². The molecule has 0 unspecified atom stereocenters. The molecule has 1 N–H and O–H groups in total. The first kappa shape index (κ1) is 26.1. The number of aryl methyl sites for hydroxylation is 2. The molecule has 0 bridgehead atoms. The second-order valence-corrected chi connectivity index (χ2v) is 11.3. The first-order valence-corrected chi connectivity index (χ1v) is 14.4. The summed E-state index contributed by atoms with van der Waals surface area (Å²) >= 11 is 0. The Bertz CT molecular complexity index is 1620. The maximum atomic E-state index is 13.7. The fourth-order valence-corrected chi connectivity index (χ4v) is 6.24. The zero-order chi connectivity index (χ0) is 27.9. The van der Waals surface area contributed by atoms with E-state index in [1.165, 1.54) is 5.56 Å². The number of pyridine rings is 1. The van der Waals surface area contributed by atoms with E-state index in [-0.39, 0.29) is 24.5 Å². The molecule has 0 aliphatic carbocycles. The van der Waals surface area contributed by atoms with E-state index in [0.717, 1.165) is 85.7 Å². The average Bonchev–Trinajstić information content (AvgIpc) is 3.76. The highest BCUT2D eigenvalue weighted by atomic mass is 16.7. The molecule has 4 aromatic rings. The lowest BCUT2D eigenvalue weighted by Gasteiger charge is -2.38. The van der Waals surface area contributed by atoms with Crippen LogP contribution in [0.5, 0.6) is 11.5 Å². The lowest BCUT2D eigenvalue weighted by Crippen LogP contribution is -2.48. The number of rotatable bonds is 7. The molecule has 11 heteroatoms. The van der Waals surface area contributed by atoms with Crippen molar-refractivity contribution in [3.05, 3.63) is 74.8 Å². The van der Waals surface area contributed by atoms with Crippen molar-refractivity contribution in [1.82, 2.24) is 35.0 Å². The van der Waals surface area contributed by atoms with Crippen molar-refractivity contribution in [2.24, 2.45) is 0 Å². The van der Waals surface area contributed by atoms with Crippen LogP contribution in [0.4, 0.5) is 0 Å². The van der Waals surface area contributed by atoms with Crippen molar-refractivity contribution in [2.75, 3.05) is 39.6 Å². The smallest absolute Gasteiger partial charge is 0.253 e. The Labute approximate surface area is 238 Å². The van der Waals surface area contributed by atoms with E-state index in [1.807, 2.05) is 23.7 Å². The Hall–Kier alpha value is -3.80. The summed E-state index contributed by atoms with van der Waals surface area (Å²) in [5, 5.41) is 13.9. The molecular weight excluding hydrogens is 522 g/mol. The van der Waals surface area contributed by atoms with Crippen molar-refractivity contribution in [3.63, 3.8) is 0 Å². The molecule has 2 atom stereocenters. The number of benzene rings is 2. The van der Waals surface area contributed by atoms with E-state index in [4.69, 9.17) is 14.2 Å². The van der Waals surface area contributed by atoms with Gasteiger partial charge in [-0.2, -0.15) is 0 Å². The number of nitrogens with zero attached hydrogens (tertiary/aromatic N) is 6. The fourth-order valence-electron chi connectivity index (χ4n) is 6.24. The van der Waals surface area contributed by atoms with E-state index >= 15 is 0 Å². The van der Waals surface area contributed by atoms with Gasteiger partial charge in [-0.1, -0.05) is 18.2 Å². The van der Waals surface area contributed by atoms with Gasteiger partial charge in [-0.3, -0.25) is 14.6 Å². The third-order valence-electron chi connectivity index (χ3n) is 8.69. The van der Waals surface area contributed by atoms with Gasteiger partial charge in [0.05, 0.1) is 18.2 Å². The highest BCUT2D eigenvalue weighted by Crippen LogP contribution is 2.33. The number of nitrogens with one attached hydrogen (secondary N) is 1. The molecule has 214 valence electrons. The summed E-state index contributed by atoms with van der Waals surface area (Å²) in [4.78, 5) is 21.7. The number of aromatic nitrogens is 5. The van der Waals surface area contributed by atoms with Crippen LogP contribution in [0.1, 0.15) is 47.0 Å². The van der Waals surface area contributed by atoms with E-state index in [9.17, 15) is 4.79 Å². The normalized spacial score (nSPS) is 20.2. The van der Waals surface area contributed by atoms with Crippen LogP contribution in [0, 0.1) is 13.8 Å². The number of tetrazole rings is 1. The standard InChI is InChI=1S/C30H35N7O4/c1-19-5-7-22-15-24(30(38)31-27(22)20(19)2)28(29-32-33-34-37(29)17-23-4-3-13-39-23)36-11-9-35(10-12-36)16-21-6-8-25-26(14-21)41-18-40-25/h5-8,14-15,23,28H,3-4,9-13,16-18H2,1-2H3,(H,31,38)/t23-,28+/m1/s1. The summed E-state index contributed by atoms with van der Waals surface area (Å²) in [6.45, 7) is 9.79. The summed E-state index contributed by atoms with van der Waals surface area (Å²) in [6.07, 6.45) is 2.11. The maximum Gasteiger partial charge on any atom is 0.253 e. The summed E-state index contributed by atoms with van der Waals surface area (Å²) in [5.74, 6) is 2.28. The molecular formula is C30H35N7O4. The van der Waals surface area contributed by atoms with Crippen molar-refractivity contribution >= 4 is 10.9 Å². The molecule has 2 aromatic heterocycles. The first-order valence-electron chi connectivity index (χ1n) is 14.4. The maximum absolute atomic E-state index is 13.7. The lowest BCUT2D eigenvalue weighted by atomic mass is 9.99. The largest absolute Gasteiger partial charge is 0.454 e. The lowest BCUT2D eigenvalue weighted by molar-refractivity contribution is 0.0840. The molecule has 0 radical (unpaired) electrons. The van der Waals surface area contributed by atoms with Gasteiger partial charge in [-0.25, -0.2) is 4.68 Å². The Kier molecular flexibility index (Phi) is 6.93. The third-order valence-corrected chi connectivity index (χ3v) is 8.69. The van der Waals surface area contributed by atoms with Gasteiger partial charge >= 0.3 is 0 Å². The molecule has 0 spiro atoms. The summed E-state index contributed by atoms with van der Waals surface area (Å²) in [7, 11) is 0. The second-order valence-electron chi connectivity index (χ2n) is 11.3. The van der Waals surface area contributed by atoms with Gasteiger partial charge < -0.3 is 19.2 Å². The Balaban J connectivity index is 1.18. The Morgan fingerprint density at radius 3 is 2.73 bits per heavy atom. The van der Waals surface area contributed by atoms with E-state index in [0.29, 0.717) is 17.9 Å². The van der Waals surface area contributed by atoms with Crippen molar-refractivity contribution in [3.8, 4) is 11.5 Å². The number of ether oxygens (including phenoxy) is 3. The number of hydrogen-bond acceptors (Lipinski definition) is 9. The molecule has 7 rings (SSSR count). The van der Waals surface area contributed by atoms with Gasteiger partial charge in [0.1, 0.15) is 6.04 Å². The van der Waals surface area contributed by atoms with Gasteiger partial charge in [-0.15, -0.1) is 5.10 Å². The molecule has 5 heterocycles. The van der Waals surface area contributed by atoms with Gasteiger partial charge in [-0.05, 0) is 77.4 Å². The van der Waals surface area contributed by atoms with E-state index < -0.39 is 0 Å². The van der Waals surface area contributed by atoms with E-state index in [1.54, 1.807) is 0 Å². The Morgan fingerprint density at radius 1 is 1.05 bits per heavy atom. The van der Waals surface area contributed by atoms with Crippen LogP contribution in [-0.4, -0.2) is 80.7 Å². The number of hydrogen-bond donors (Lipinski definition) is 1. The molecule has 2 aromatic carbocycles. The van der Waals surface area contributed by atoms with Gasteiger partial charge in [0.2, 0.25) is 6.79 Å². The quantitative estimate of drug-likeness (QED) is 0.367. The minimum Gasteiger partial charge on any atom is -0.454 e. The predicted octanol–water partition coefficient (Wildman–Crippen LogP) is 2.95. The molecule has 2 fully saturated rings. The second kappa shape index (κ2) is 10.9. The first-order chi connectivity index (χ1) is 20.0. The van der Waals surface area contributed by atoms with E-state index in [2.05, 4.69) is 61.5 Å². The molecule has 2 saturated heterocycles. The monoisotopic (exact) mass is 557 g/mol. The van der Waals surface area contributed by atoms with Gasteiger partial charge in [0.15, 0.2) is 17.3 Å². The van der Waals surface area contributed by atoms with Crippen LogP contribution in [0.2, 0.25) is 0 Å². The number of fused-ring (bicyclic) bond motifs is 2. The van der Waals surface area contributed by atoms with Crippen LogP contribution in [0.25, 0.3) is 10.9 Å². The van der Waals surface area contributed by atoms with Crippen LogP contribution < -0.4 is 15.0 Å². The number of aromatic amines is 1. The fraction of sp³-hybridized carbons (Fsp3) is 0.467. The molecule has 41 heavy (non-hydrogen) atoms. The Morgan fingerprint density at radius 2 is 1.90 bits per heavy atom. The zero-order valence-electron chi connectivity index (χ0n) is 23.5. The molecule has 0 amide bonds. The number of H-pyrrole nitrogens is 1. The molecule has 11 nitrogen and oxygen atoms in total. The predicted molar refractivity (Wildman–Crippen MR) is 152 cm³/mol. The van der Waals surface area contributed by atoms with Crippen LogP contribution >= 0.6 is 0 Å². The summed E-state index contributed by atoms with van der Waals surface area (Å²) in [6, 6.07) is 12.0. The SMILES string of the molecule is Cc1ccc2cc([C@@H](c3nnnn3C[C@H]3CCCO3)N3CCN(Cc4ccc5c(c4)OCO5)CC3)c(=O)[nH]c2c1C. The van der Waals surface area contributed by atoms with Gasteiger partial charge in [0.25, 0.3) is 5.56 Å².